The van der Waals surface area contributed by atoms with E-state index < -0.39 is 0 Å². The molecule has 1 fully saturated rings. The minimum atomic E-state index is -0.0469. The van der Waals surface area contributed by atoms with Gasteiger partial charge in [0.25, 0.3) is 0 Å². The zero-order valence-corrected chi connectivity index (χ0v) is 8.94. The van der Waals surface area contributed by atoms with Crippen molar-refractivity contribution in [1.82, 2.24) is 16.0 Å². The lowest BCUT2D eigenvalue weighted by molar-refractivity contribution is -0.122. The largest absolute Gasteiger partial charge is 0.353 e. The van der Waals surface area contributed by atoms with Crippen LogP contribution in [-0.4, -0.2) is 38.1 Å². The van der Waals surface area contributed by atoms with Crippen LogP contribution in [0.3, 0.4) is 0 Å². The highest BCUT2D eigenvalue weighted by molar-refractivity contribution is 5.82. The second-order valence-corrected chi connectivity index (χ2v) is 3.71. The van der Waals surface area contributed by atoms with E-state index in [9.17, 15) is 4.79 Å². The Kier molecular flexibility index (Phi) is 5.56. The van der Waals surface area contributed by atoms with Crippen molar-refractivity contribution in [2.75, 3.05) is 26.2 Å². The van der Waals surface area contributed by atoms with Gasteiger partial charge in [0.05, 0.1) is 6.04 Å². The number of carbonyl (C=O) groups excluding carboxylic acids is 1. The average molecular weight is 199 g/mol. The normalized spacial score (nSPS) is 22.9. The van der Waals surface area contributed by atoms with E-state index in [1.54, 1.807) is 0 Å². The maximum atomic E-state index is 11.5. The first-order chi connectivity index (χ1) is 6.84. The lowest BCUT2D eigenvalue weighted by atomic mass is 10.2. The van der Waals surface area contributed by atoms with Crippen LogP contribution in [0.25, 0.3) is 0 Å². The summed E-state index contributed by atoms with van der Waals surface area (Å²) in [6, 6.07) is -0.0469. The van der Waals surface area contributed by atoms with Gasteiger partial charge in [-0.15, -0.1) is 0 Å². The molecular weight excluding hydrogens is 178 g/mol. The number of rotatable bonds is 5. The van der Waals surface area contributed by atoms with Crippen molar-refractivity contribution < 1.29 is 4.79 Å². The third-order valence-electron chi connectivity index (χ3n) is 2.44. The molecule has 0 bridgehead atoms. The molecule has 0 aliphatic carbocycles. The topological polar surface area (TPSA) is 53.2 Å². The summed E-state index contributed by atoms with van der Waals surface area (Å²) >= 11 is 0. The summed E-state index contributed by atoms with van der Waals surface area (Å²) in [5.41, 5.74) is 0. The van der Waals surface area contributed by atoms with E-state index in [-0.39, 0.29) is 11.9 Å². The molecule has 0 saturated carbocycles. The van der Waals surface area contributed by atoms with Crippen molar-refractivity contribution in [3.8, 4) is 0 Å². The Morgan fingerprint density at radius 2 is 2.29 bits per heavy atom. The fourth-order valence-corrected chi connectivity index (χ4v) is 1.55. The lowest BCUT2D eigenvalue weighted by Crippen LogP contribution is -2.46. The molecule has 1 saturated heterocycles. The summed E-state index contributed by atoms with van der Waals surface area (Å²) in [5, 5.41) is 9.37. The zero-order chi connectivity index (χ0) is 10.2. The predicted molar refractivity (Wildman–Crippen MR) is 57.2 cm³/mol. The second kappa shape index (κ2) is 6.79. The number of amides is 1. The molecule has 82 valence electrons. The zero-order valence-electron chi connectivity index (χ0n) is 8.94. The van der Waals surface area contributed by atoms with Crippen LogP contribution in [0.2, 0.25) is 0 Å². The van der Waals surface area contributed by atoms with Gasteiger partial charge >= 0.3 is 0 Å². The number of carbonyl (C=O) groups is 1. The molecule has 3 N–H and O–H groups in total. The van der Waals surface area contributed by atoms with E-state index in [0.717, 1.165) is 32.6 Å². The van der Waals surface area contributed by atoms with Crippen LogP contribution in [0.1, 0.15) is 26.2 Å². The molecule has 1 rings (SSSR count). The van der Waals surface area contributed by atoms with E-state index in [1.165, 1.54) is 12.8 Å². The van der Waals surface area contributed by atoms with E-state index >= 15 is 0 Å². The van der Waals surface area contributed by atoms with Crippen LogP contribution >= 0.6 is 0 Å². The monoisotopic (exact) mass is 199 g/mol. The molecule has 0 aromatic carbocycles. The molecular formula is C10H21N3O. The van der Waals surface area contributed by atoms with Gasteiger partial charge in [-0.2, -0.15) is 0 Å². The molecule has 1 aliphatic heterocycles. The number of nitrogens with one attached hydrogen (secondary N) is 3. The molecule has 0 radical (unpaired) electrons. The molecule has 1 amide bonds. The van der Waals surface area contributed by atoms with Gasteiger partial charge in [0.2, 0.25) is 5.91 Å². The summed E-state index contributed by atoms with van der Waals surface area (Å²) in [7, 11) is 0. The average Bonchev–Trinajstić information content (AvgIpc) is 2.39. The highest BCUT2D eigenvalue weighted by atomic mass is 16.2. The molecule has 0 spiro atoms. The Morgan fingerprint density at radius 1 is 1.43 bits per heavy atom. The van der Waals surface area contributed by atoms with E-state index in [4.69, 9.17) is 0 Å². The summed E-state index contributed by atoms with van der Waals surface area (Å²) < 4.78 is 0. The molecule has 1 unspecified atom stereocenters. The van der Waals surface area contributed by atoms with Crippen LogP contribution < -0.4 is 16.0 Å². The van der Waals surface area contributed by atoms with Crippen LogP contribution in [0.5, 0.6) is 0 Å². The Bertz CT molecular complexity index is 173. The summed E-state index contributed by atoms with van der Waals surface area (Å²) in [6.07, 6.45) is 3.60. The van der Waals surface area contributed by atoms with Crippen LogP contribution in [0, 0.1) is 0 Å². The van der Waals surface area contributed by atoms with Gasteiger partial charge in [0, 0.05) is 19.6 Å². The molecule has 0 aromatic rings. The SMILES string of the molecule is CCCCCNC1CNCCNC1=O. The van der Waals surface area contributed by atoms with Gasteiger partial charge in [-0.25, -0.2) is 0 Å². The van der Waals surface area contributed by atoms with Gasteiger partial charge < -0.3 is 16.0 Å². The van der Waals surface area contributed by atoms with Gasteiger partial charge in [0.15, 0.2) is 0 Å². The highest BCUT2D eigenvalue weighted by Gasteiger charge is 2.18. The smallest absolute Gasteiger partial charge is 0.238 e. The minimum absolute atomic E-state index is 0.0469. The van der Waals surface area contributed by atoms with E-state index in [2.05, 4.69) is 22.9 Å². The van der Waals surface area contributed by atoms with E-state index in [1.807, 2.05) is 0 Å². The molecule has 0 aromatic heterocycles. The van der Waals surface area contributed by atoms with Crippen LogP contribution in [0.4, 0.5) is 0 Å². The molecule has 14 heavy (non-hydrogen) atoms. The van der Waals surface area contributed by atoms with Crippen LogP contribution in [-0.2, 0) is 4.79 Å². The fourth-order valence-electron chi connectivity index (χ4n) is 1.55. The molecule has 4 nitrogen and oxygen atoms in total. The van der Waals surface area contributed by atoms with Crippen molar-refractivity contribution in [2.24, 2.45) is 0 Å². The van der Waals surface area contributed by atoms with Crippen molar-refractivity contribution in [3.05, 3.63) is 0 Å². The highest BCUT2D eigenvalue weighted by Crippen LogP contribution is 1.93. The van der Waals surface area contributed by atoms with Crippen LogP contribution in [0.15, 0.2) is 0 Å². The molecule has 4 heteroatoms. The molecule has 1 heterocycles. The number of hydrogen-bond donors (Lipinski definition) is 3. The number of unbranched alkanes of at least 4 members (excludes halogenated alkanes) is 2. The van der Waals surface area contributed by atoms with Crippen molar-refractivity contribution in [2.45, 2.75) is 32.2 Å². The minimum Gasteiger partial charge on any atom is -0.353 e. The van der Waals surface area contributed by atoms with Gasteiger partial charge in [-0.1, -0.05) is 19.8 Å². The summed E-state index contributed by atoms with van der Waals surface area (Å²) in [5.74, 6) is 0.131. The third kappa shape index (κ3) is 4.07. The maximum Gasteiger partial charge on any atom is 0.238 e. The van der Waals surface area contributed by atoms with Crippen molar-refractivity contribution in [3.63, 3.8) is 0 Å². The Balaban J connectivity index is 2.16. The molecule has 1 aliphatic rings. The standard InChI is InChI=1S/C10H21N3O/c1-2-3-4-5-12-9-8-11-6-7-13-10(9)14/h9,11-12H,2-8H2,1H3,(H,13,14). The predicted octanol–water partition coefficient (Wildman–Crippen LogP) is -0.146. The van der Waals surface area contributed by atoms with Crippen molar-refractivity contribution in [1.29, 1.82) is 0 Å². The number of hydrogen-bond acceptors (Lipinski definition) is 3. The maximum absolute atomic E-state index is 11.5. The first-order valence-corrected chi connectivity index (χ1v) is 5.56. The third-order valence-corrected chi connectivity index (χ3v) is 2.44. The quantitative estimate of drug-likeness (QED) is 0.540. The summed E-state index contributed by atoms with van der Waals surface area (Å²) in [6.45, 7) is 5.48. The first kappa shape index (κ1) is 11.5. The Hall–Kier alpha value is -0.610. The Labute approximate surface area is 85.8 Å². The van der Waals surface area contributed by atoms with Gasteiger partial charge in [-0.3, -0.25) is 4.79 Å². The van der Waals surface area contributed by atoms with Crippen molar-refractivity contribution >= 4 is 5.91 Å². The fraction of sp³-hybridized carbons (Fsp3) is 0.900. The van der Waals surface area contributed by atoms with Gasteiger partial charge in [-0.05, 0) is 13.0 Å². The summed E-state index contributed by atoms with van der Waals surface area (Å²) in [4.78, 5) is 11.5. The first-order valence-electron chi connectivity index (χ1n) is 5.56. The molecule has 1 atom stereocenters. The second-order valence-electron chi connectivity index (χ2n) is 3.71. The van der Waals surface area contributed by atoms with E-state index in [0.29, 0.717) is 0 Å². The lowest BCUT2D eigenvalue weighted by Gasteiger charge is -2.14. The van der Waals surface area contributed by atoms with Gasteiger partial charge in [0.1, 0.15) is 0 Å². The Morgan fingerprint density at radius 3 is 3.07 bits per heavy atom.